The lowest BCUT2D eigenvalue weighted by Crippen LogP contribution is -2.38. The lowest BCUT2D eigenvalue weighted by Gasteiger charge is -2.41. The van der Waals surface area contributed by atoms with Crippen LogP contribution >= 0.6 is 0 Å². The Morgan fingerprint density at radius 3 is 2.42 bits per heavy atom. The minimum atomic E-state index is 0.162. The van der Waals surface area contributed by atoms with Crippen LogP contribution in [0.3, 0.4) is 0 Å². The predicted molar refractivity (Wildman–Crippen MR) is 107 cm³/mol. The number of nitrogens with zero attached hydrogens (tertiary/aromatic N) is 2. The second-order valence-corrected chi connectivity index (χ2v) is 8.06. The topological polar surface area (TPSA) is 47.0 Å². The van der Waals surface area contributed by atoms with E-state index in [1.807, 2.05) is 6.20 Å². The largest absolute Gasteiger partial charge is 0.381 e. The van der Waals surface area contributed by atoms with Gasteiger partial charge in [-0.15, -0.1) is 0 Å². The number of hydrogen-bond acceptors (Lipinski definition) is 4. The van der Waals surface area contributed by atoms with Gasteiger partial charge in [-0.25, -0.2) is 9.97 Å². The maximum absolute atomic E-state index is 5.65. The molecule has 0 atom stereocenters. The van der Waals surface area contributed by atoms with Crippen molar-refractivity contribution in [3.8, 4) is 0 Å². The monoisotopic (exact) mass is 353 g/mol. The molecule has 3 rings (SSSR count). The predicted octanol–water partition coefficient (Wildman–Crippen LogP) is 5.36. The smallest absolute Gasteiger partial charge is 0.132 e. The summed E-state index contributed by atoms with van der Waals surface area (Å²) in [4.78, 5) is 9.18. The summed E-state index contributed by atoms with van der Waals surface area (Å²) in [7, 11) is 0. The lowest BCUT2D eigenvalue weighted by atomic mass is 9.66. The van der Waals surface area contributed by atoms with Gasteiger partial charge in [-0.1, -0.05) is 27.7 Å². The van der Waals surface area contributed by atoms with Gasteiger partial charge in [0.2, 0.25) is 0 Å². The molecule has 2 aromatic heterocycles. The molecule has 1 saturated heterocycles. The summed E-state index contributed by atoms with van der Waals surface area (Å²) in [5, 5.41) is 3.42. The highest BCUT2D eigenvalue weighted by Crippen LogP contribution is 2.42. The van der Waals surface area contributed by atoms with Gasteiger partial charge in [0.15, 0.2) is 0 Å². The molecule has 4 heteroatoms. The molecule has 0 radical (unpaired) electrons. The molecule has 0 aliphatic carbocycles. The van der Waals surface area contributed by atoms with Crippen LogP contribution < -0.4 is 5.32 Å². The zero-order valence-electron chi connectivity index (χ0n) is 16.7. The van der Waals surface area contributed by atoms with Crippen LogP contribution in [0.15, 0.2) is 30.5 Å². The molecule has 26 heavy (non-hydrogen) atoms. The summed E-state index contributed by atoms with van der Waals surface area (Å²) >= 11 is 0. The van der Waals surface area contributed by atoms with Gasteiger partial charge in [-0.2, -0.15) is 0 Å². The lowest BCUT2D eigenvalue weighted by molar-refractivity contribution is 0.0321. The van der Waals surface area contributed by atoms with E-state index >= 15 is 0 Å². The Kier molecular flexibility index (Phi) is 5.61. The summed E-state index contributed by atoms with van der Waals surface area (Å²) in [6.45, 7) is 12.8. The van der Waals surface area contributed by atoms with Crippen molar-refractivity contribution in [2.24, 2.45) is 5.92 Å². The van der Waals surface area contributed by atoms with Crippen LogP contribution in [-0.4, -0.2) is 23.2 Å². The second kappa shape index (κ2) is 7.75. The molecule has 4 nitrogen and oxygen atoms in total. The minimum absolute atomic E-state index is 0.162. The molecule has 140 valence electrons. The van der Waals surface area contributed by atoms with Crippen molar-refractivity contribution in [1.82, 2.24) is 9.97 Å². The SMILES string of the molecule is Cc1cc(C2(C(C)C)CCOCC2)cc(Nc2cc(C(C)C)ccn2)n1. The molecule has 0 aromatic carbocycles. The van der Waals surface area contributed by atoms with Crippen LogP contribution in [0.5, 0.6) is 0 Å². The van der Waals surface area contributed by atoms with E-state index in [4.69, 9.17) is 9.72 Å². The number of aryl methyl sites for hydroxylation is 1. The third-order valence-electron chi connectivity index (χ3n) is 5.73. The van der Waals surface area contributed by atoms with Crippen LogP contribution in [0, 0.1) is 12.8 Å². The Morgan fingerprint density at radius 1 is 1.04 bits per heavy atom. The first kappa shape index (κ1) is 18.8. The molecular formula is C22H31N3O. The third-order valence-corrected chi connectivity index (χ3v) is 5.73. The number of anilines is 2. The van der Waals surface area contributed by atoms with E-state index in [2.05, 4.69) is 69.2 Å². The Balaban J connectivity index is 1.94. The van der Waals surface area contributed by atoms with E-state index in [0.717, 1.165) is 43.4 Å². The number of nitrogens with one attached hydrogen (secondary N) is 1. The first-order valence-corrected chi connectivity index (χ1v) is 9.70. The molecule has 3 heterocycles. The van der Waals surface area contributed by atoms with E-state index in [1.54, 1.807) is 0 Å². The molecule has 1 aliphatic rings. The van der Waals surface area contributed by atoms with Crippen LogP contribution in [-0.2, 0) is 10.2 Å². The van der Waals surface area contributed by atoms with Crippen LogP contribution in [0.2, 0.25) is 0 Å². The van der Waals surface area contributed by atoms with Crippen LogP contribution in [0.25, 0.3) is 0 Å². The maximum Gasteiger partial charge on any atom is 0.132 e. The molecule has 0 bridgehead atoms. The molecular weight excluding hydrogens is 322 g/mol. The summed E-state index contributed by atoms with van der Waals surface area (Å²) in [5.41, 5.74) is 3.84. The number of rotatable bonds is 5. The van der Waals surface area contributed by atoms with Gasteiger partial charge in [0, 0.05) is 30.5 Å². The molecule has 1 N–H and O–H groups in total. The summed E-state index contributed by atoms with van der Waals surface area (Å²) in [6.07, 6.45) is 3.99. The van der Waals surface area contributed by atoms with Gasteiger partial charge in [-0.3, -0.25) is 0 Å². The fourth-order valence-electron chi connectivity index (χ4n) is 3.96. The fraction of sp³-hybridized carbons (Fsp3) is 0.545. The van der Waals surface area contributed by atoms with Crippen molar-refractivity contribution in [2.45, 2.75) is 58.8 Å². The normalized spacial score (nSPS) is 16.9. The Bertz CT molecular complexity index is 749. The summed E-state index contributed by atoms with van der Waals surface area (Å²) < 4.78 is 5.65. The van der Waals surface area contributed by atoms with Crippen molar-refractivity contribution < 1.29 is 4.74 Å². The number of pyridine rings is 2. The maximum atomic E-state index is 5.65. The summed E-state index contributed by atoms with van der Waals surface area (Å²) in [5.74, 6) is 2.76. The van der Waals surface area contributed by atoms with Crippen molar-refractivity contribution >= 4 is 11.6 Å². The molecule has 1 fully saturated rings. The van der Waals surface area contributed by atoms with Gasteiger partial charge >= 0.3 is 0 Å². The minimum Gasteiger partial charge on any atom is -0.381 e. The van der Waals surface area contributed by atoms with Gasteiger partial charge in [0.25, 0.3) is 0 Å². The van der Waals surface area contributed by atoms with Gasteiger partial charge in [-0.05, 0) is 67.0 Å². The Morgan fingerprint density at radius 2 is 1.77 bits per heavy atom. The Labute approximate surface area is 157 Å². The second-order valence-electron chi connectivity index (χ2n) is 8.06. The molecule has 0 unspecified atom stereocenters. The highest BCUT2D eigenvalue weighted by atomic mass is 16.5. The first-order chi connectivity index (χ1) is 12.4. The fourth-order valence-corrected chi connectivity index (χ4v) is 3.96. The first-order valence-electron chi connectivity index (χ1n) is 9.70. The van der Waals surface area contributed by atoms with E-state index < -0.39 is 0 Å². The average molecular weight is 354 g/mol. The molecule has 2 aromatic rings. The van der Waals surface area contributed by atoms with E-state index in [9.17, 15) is 0 Å². The van der Waals surface area contributed by atoms with Crippen molar-refractivity contribution in [1.29, 1.82) is 0 Å². The number of hydrogen-bond donors (Lipinski definition) is 1. The van der Waals surface area contributed by atoms with Gasteiger partial charge in [0.05, 0.1) is 0 Å². The van der Waals surface area contributed by atoms with Crippen molar-refractivity contribution in [3.05, 3.63) is 47.3 Å². The number of aromatic nitrogens is 2. The molecule has 0 spiro atoms. The third kappa shape index (κ3) is 3.90. The van der Waals surface area contributed by atoms with Crippen LogP contribution in [0.4, 0.5) is 11.6 Å². The van der Waals surface area contributed by atoms with Gasteiger partial charge < -0.3 is 10.1 Å². The van der Waals surface area contributed by atoms with Crippen LogP contribution in [0.1, 0.15) is 63.3 Å². The van der Waals surface area contributed by atoms with E-state index in [0.29, 0.717) is 11.8 Å². The standard InChI is InChI=1S/C22H31N3O/c1-15(2)18-6-9-23-20(13-18)25-21-14-19(12-17(5)24-21)22(16(3)4)7-10-26-11-8-22/h6,9,12-16H,7-8,10-11H2,1-5H3,(H,23,24,25). The van der Waals surface area contributed by atoms with E-state index in [-0.39, 0.29) is 5.41 Å². The highest BCUT2D eigenvalue weighted by Gasteiger charge is 2.37. The quantitative estimate of drug-likeness (QED) is 0.786. The zero-order chi connectivity index (χ0) is 18.7. The van der Waals surface area contributed by atoms with Crippen molar-refractivity contribution in [3.63, 3.8) is 0 Å². The Hall–Kier alpha value is -1.94. The van der Waals surface area contributed by atoms with Crippen molar-refractivity contribution in [2.75, 3.05) is 18.5 Å². The average Bonchev–Trinajstić information content (AvgIpc) is 2.62. The molecule has 1 aliphatic heterocycles. The number of ether oxygens (including phenoxy) is 1. The molecule has 0 saturated carbocycles. The van der Waals surface area contributed by atoms with Gasteiger partial charge in [0.1, 0.15) is 11.6 Å². The zero-order valence-corrected chi connectivity index (χ0v) is 16.7. The van der Waals surface area contributed by atoms with E-state index in [1.165, 1.54) is 11.1 Å². The molecule has 0 amide bonds. The summed E-state index contributed by atoms with van der Waals surface area (Å²) in [6, 6.07) is 8.64. The highest BCUT2D eigenvalue weighted by molar-refractivity contribution is 5.55.